The lowest BCUT2D eigenvalue weighted by atomic mass is 9.92. The Labute approximate surface area is 73.3 Å². The SMILES string of the molecule is COCCCNC1CC(Cl)C1. The lowest BCUT2D eigenvalue weighted by Crippen LogP contribution is -2.42. The van der Waals surface area contributed by atoms with Crippen LogP contribution < -0.4 is 5.32 Å². The number of alkyl halides is 1. The molecule has 1 rings (SSSR count). The first-order valence-corrected chi connectivity index (χ1v) is 4.63. The van der Waals surface area contributed by atoms with Gasteiger partial charge in [0.15, 0.2) is 0 Å². The molecule has 1 aliphatic rings. The summed E-state index contributed by atoms with van der Waals surface area (Å²) in [6.07, 6.45) is 3.36. The van der Waals surface area contributed by atoms with Crippen LogP contribution in [0.3, 0.4) is 0 Å². The lowest BCUT2D eigenvalue weighted by molar-refractivity contribution is 0.191. The molecule has 1 saturated carbocycles. The molecule has 3 heteroatoms. The number of ether oxygens (including phenoxy) is 1. The van der Waals surface area contributed by atoms with Gasteiger partial charge >= 0.3 is 0 Å². The topological polar surface area (TPSA) is 21.3 Å². The Morgan fingerprint density at radius 1 is 1.55 bits per heavy atom. The van der Waals surface area contributed by atoms with Crippen LogP contribution in [0, 0.1) is 0 Å². The predicted molar refractivity (Wildman–Crippen MR) is 47.2 cm³/mol. The first-order valence-electron chi connectivity index (χ1n) is 4.19. The molecule has 11 heavy (non-hydrogen) atoms. The van der Waals surface area contributed by atoms with Crippen molar-refractivity contribution in [2.24, 2.45) is 0 Å². The van der Waals surface area contributed by atoms with Gasteiger partial charge in [0.05, 0.1) is 0 Å². The Kier molecular flexibility index (Phi) is 4.20. The molecule has 0 unspecified atom stereocenters. The van der Waals surface area contributed by atoms with E-state index in [1.165, 1.54) is 0 Å². The van der Waals surface area contributed by atoms with Crippen molar-refractivity contribution in [3.05, 3.63) is 0 Å². The first kappa shape index (κ1) is 9.30. The number of hydrogen-bond acceptors (Lipinski definition) is 2. The average molecular weight is 178 g/mol. The van der Waals surface area contributed by atoms with Crippen LogP contribution in [0.1, 0.15) is 19.3 Å². The molecule has 0 aromatic rings. The Hall–Kier alpha value is 0.210. The van der Waals surface area contributed by atoms with Gasteiger partial charge in [0, 0.05) is 25.1 Å². The highest BCUT2D eigenvalue weighted by Gasteiger charge is 2.25. The molecule has 66 valence electrons. The summed E-state index contributed by atoms with van der Waals surface area (Å²) >= 11 is 5.82. The highest BCUT2D eigenvalue weighted by molar-refractivity contribution is 6.21. The molecule has 0 aromatic carbocycles. The van der Waals surface area contributed by atoms with E-state index in [9.17, 15) is 0 Å². The maximum atomic E-state index is 5.82. The molecule has 0 atom stereocenters. The van der Waals surface area contributed by atoms with Gasteiger partial charge in [-0.1, -0.05) is 0 Å². The monoisotopic (exact) mass is 177 g/mol. The second kappa shape index (κ2) is 4.96. The van der Waals surface area contributed by atoms with Crippen LogP contribution in [0.25, 0.3) is 0 Å². The molecule has 1 fully saturated rings. The number of nitrogens with one attached hydrogen (secondary N) is 1. The second-order valence-corrected chi connectivity index (χ2v) is 3.68. The van der Waals surface area contributed by atoms with Crippen molar-refractivity contribution >= 4 is 11.6 Å². The molecule has 0 bridgehead atoms. The van der Waals surface area contributed by atoms with Crippen molar-refractivity contribution in [2.75, 3.05) is 20.3 Å². The summed E-state index contributed by atoms with van der Waals surface area (Å²) in [7, 11) is 1.73. The fraction of sp³-hybridized carbons (Fsp3) is 1.00. The Balaban J connectivity index is 1.81. The predicted octanol–water partition coefficient (Wildman–Crippen LogP) is 1.38. The van der Waals surface area contributed by atoms with Crippen LogP contribution in [0.5, 0.6) is 0 Å². The summed E-state index contributed by atoms with van der Waals surface area (Å²) in [4.78, 5) is 0. The van der Waals surface area contributed by atoms with Crippen LogP contribution in [0.4, 0.5) is 0 Å². The van der Waals surface area contributed by atoms with E-state index in [1.54, 1.807) is 7.11 Å². The van der Waals surface area contributed by atoms with E-state index < -0.39 is 0 Å². The van der Waals surface area contributed by atoms with Gasteiger partial charge in [-0.2, -0.15) is 0 Å². The molecule has 0 spiro atoms. The molecule has 1 aliphatic carbocycles. The van der Waals surface area contributed by atoms with Crippen LogP contribution in [0.2, 0.25) is 0 Å². The third kappa shape index (κ3) is 3.41. The van der Waals surface area contributed by atoms with Crippen LogP contribution in [-0.2, 0) is 4.74 Å². The summed E-state index contributed by atoms with van der Waals surface area (Å²) in [6, 6.07) is 0.675. The van der Waals surface area contributed by atoms with E-state index in [4.69, 9.17) is 16.3 Å². The largest absolute Gasteiger partial charge is 0.385 e. The number of hydrogen-bond donors (Lipinski definition) is 1. The Morgan fingerprint density at radius 2 is 2.27 bits per heavy atom. The summed E-state index contributed by atoms with van der Waals surface area (Å²) in [5.74, 6) is 0. The Bertz CT molecular complexity index is 104. The minimum absolute atomic E-state index is 0.426. The molecule has 0 aromatic heterocycles. The van der Waals surface area contributed by atoms with Crippen LogP contribution in [-0.4, -0.2) is 31.7 Å². The van der Waals surface area contributed by atoms with Gasteiger partial charge in [-0.05, 0) is 25.8 Å². The zero-order valence-electron chi connectivity index (χ0n) is 6.98. The van der Waals surface area contributed by atoms with Gasteiger partial charge in [0.2, 0.25) is 0 Å². The summed E-state index contributed by atoms with van der Waals surface area (Å²) < 4.78 is 4.93. The van der Waals surface area contributed by atoms with Crippen LogP contribution in [0.15, 0.2) is 0 Å². The molecule has 0 heterocycles. The van der Waals surface area contributed by atoms with E-state index in [2.05, 4.69) is 5.32 Å². The molecular formula is C8H16ClNO. The van der Waals surface area contributed by atoms with Gasteiger partial charge in [-0.3, -0.25) is 0 Å². The van der Waals surface area contributed by atoms with Crippen molar-refractivity contribution in [2.45, 2.75) is 30.7 Å². The normalized spacial score (nSPS) is 30.0. The smallest absolute Gasteiger partial charge is 0.0474 e. The fourth-order valence-corrected chi connectivity index (χ4v) is 1.67. The highest BCUT2D eigenvalue weighted by atomic mass is 35.5. The quantitative estimate of drug-likeness (QED) is 0.506. The molecule has 0 aliphatic heterocycles. The number of methoxy groups -OCH3 is 1. The standard InChI is InChI=1S/C8H16ClNO/c1-11-4-2-3-10-8-5-7(9)6-8/h7-8,10H,2-6H2,1H3. The van der Waals surface area contributed by atoms with Gasteiger partial charge in [0.25, 0.3) is 0 Å². The van der Waals surface area contributed by atoms with Crippen molar-refractivity contribution in [1.29, 1.82) is 0 Å². The fourth-order valence-electron chi connectivity index (χ4n) is 1.24. The zero-order chi connectivity index (χ0) is 8.10. The summed E-state index contributed by atoms with van der Waals surface area (Å²) in [5.41, 5.74) is 0. The van der Waals surface area contributed by atoms with E-state index in [0.29, 0.717) is 11.4 Å². The van der Waals surface area contributed by atoms with E-state index in [0.717, 1.165) is 32.4 Å². The van der Waals surface area contributed by atoms with E-state index in [-0.39, 0.29) is 0 Å². The zero-order valence-corrected chi connectivity index (χ0v) is 7.73. The highest BCUT2D eigenvalue weighted by Crippen LogP contribution is 2.24. The number of halogens is 1. The minimum atomic E-state index is 0.426. The van der Waals surface area contributed by atoms with Gasteiger partial charge < -0.3 is 10.1 Å². The average Bonchev–Trinajstić information content (AvgIpc) is 1.94. The molecule has 0 radical (unpaired) electrons. The van der Waals surface area contributed by atoms with E-state index in [1.807, 2.05) is 0 Å². The van der Waals surface area contributed by atoms with Crippen molar-refractivity contribution in [3.63, 3.8) is 0 Å². The third-order valence-electron chi connectivity index (χ3n) is 2.04. The molecular weight excluding hydrogens is 162 g/mol. The van der Waals surface area contributed by atoms with Crippen molar-refractivity contribution < 1.29 is 4.74 Å². The molecule has 2 nitrogen and oxygen atoms in total. The van der Waals surface area contributed by atoms with Crippen molar-refractivity contribution in [3.8, 4) is 0 Å². The maximum Gasteiger partial charge on any atom is 0.0474 e. The minimum Gasteiger partial charge on any atom is -0.385 e. The second-order valence-electron chi connectivity index (χ2n) is 3.07. The maximum absolute atomic E-state index is 5.82. The molecule has 1 N–H and O–H groups in total. The third-order valence-corrected chi connectivity index (χ3v) is 2.40. The van der Waals surface area contributed by atoms with Gasteiger partial charge in [0.1, 0.15) is 0 Å². The summed E-state index contributed by atoms with van der Waals surface area (Å²) in [6.45, 7) is 1.91. The molecule has 0 amide bonds. The first-order chi connectivity index (χ1) is 5.33. The Morgan fingerprint density at radius 3 is 2.82 bits per heavy atom. The number of rotatable bonds is 5. The molecule has 0 saturated heterocycles. The summed E-state index contributed by atoms with van der Waals surface area (Å²) in [5, 5.41) is 3.85. The van der Waals surface area contributed by atoms with Gasteiger partial charge in [-0.25, -0.2) is 0 Å². The van der Waals surface area contributed by atoms with Crippen LogP contribution >= 0.6 is 11.6 Å². The van der Waals surface area contributed by atoms with Crippen molar-refractivity contribution in [1.82, 2.24) is 5.32 Å². The lowest BCUT2D eigenvalue weighted by Gasteiger charge is -2.31. The van der Waals surface area contributed by atoms with Gasteiger partial charge in [-0.15, -0.1) is 11.6 Å². The van der Waals surface area contributed by atoms with E-state index >= 15 is 0 Å².